The van der Waals surface area contributed by atoms with Crippen molar-refractivity contribution in [2.75, 3.05) is 6.61 Å². The number of hydrogen-bond acceptors (Lipinski definition) is 3. The second-order valence-electron chi connectivity index (χ2n) is 4.75. The van der Waals surface area contributed by atoms with Crippen LogP contribution < -0.4 is 0 Å². The molecule has 94 valence electrons. The lowest BCUT2D eigenvalue weighted by atomic mass is 9.91. The van der Waals surface area contributed by atoms with Crippen molar-refractivity contribution in [1.82, 2.24) is 4.98 Å². The van der Waals surface area contributed by atoms with E-state index in [1.807, 2.05) is 25.1 Å². The van der Waals surface area contributed by atoms with Gasteiger partial charge in [-0.05, 0) is 31.9 Å². The van der Waals surface area contributed by atoms with Crippen molar-refractivity contribution < 1.29 is 9.84 Å². The molecule has 0 aromatic carbocycles. The molecule has 0 aliphatic heterocycles. The van der Waals surface area contributed by atoms with Gasteiger partial charge in [-0.25, -0.2) is 0 Å². The molecule has 1 saturated carbocycles. The van der Waals surface area contributed by atoms with Crippen LogP contribution in [0.15, 0.2) is 24.4 Å². The molecule has 0 spiro atoms. The zero-order chi connectivity index (χ0) is 12.1. The summed E-state index contributed by atoms with van der Waals surface area (Å²) >= 11 is 0. The highest BCUT2D eigenvalue weighted by atomic mass is 16.5. The van der Waals surface area contributed by atoms with Crippen molar-refractivity contribution in [2.45, 2.75) is 50.7 Å². The summed E-state index contributed by atoms with van der Waals surface area (Å²) in [5, 5.41) is 10.4. The molecular weight excluding hydrogens is 214 g/mol. The highest BCUT2D eigenvalue weighted by Gasteiger charge is 2.41. The minimum absolute atomic E-state index is 0.327. The van der Waals surface area contributed by atoms with Gasteiger partial charge in [0.15, 0.2) is 0 Å². The van der Waals surface area contributed by atoms with E-state index in [2.05, 4.69) is 4.98 Å². The fourth-order valence-electron chi connectivity index (χ4n) is 2.74. The van der Waals surface area contributed by atoms with Crippen LogP contribution in [0, 0.1) is 0 Å². The molecule has 1 N–H and O–H groups in total. The summed E-state index contributed by atoms with van der Waals surface area (Å²) in [4.78, 5) is 4.27. The van der Waals surface area contributed by atoms with Crippen molar-refractivity contribution in [3.05, 3.63) is 30.1 Å². The molecule has 1 aliphatic carbocycles. The molecule has 1 unspecified atom stereocenters. The van der Waals surface area contributed by atoms with Crippen LogP contribution in [0.2, 0.25) is 0 Å². The second kappa shape index (κ2) is 5.61. The third-order valence-electron chi connectivity index (χ3n) is 3.62. The lowest BCUT2D eigenvalue weighted by Gasteiger charge is -2.34. The van der Waals surface area contributed by atoms with Gasteiger partial charge in [-0.1, -0.05) is 18.9 Å². The van der Waals surface area contributed by atoms with E-state index in [0.717, 1.165) is 31.4 Å². The van der Waals surface area contributed by atoms with Gasteiger partial charge in [-0.3, -0.25) is 4.98 Å². The van der Waals surface area contributed by atoms with Crippen molar-refractivity contribution >= 4 is 0 Å². The molecule has 0 radical (unpaired) electrons. The summed E-state index contributed by atoms with van der Waals surface area (Å²) in [7, 11) is 0. The summed E-state index contributed by atoms with van der Waals surface area (Å²) in [6.07, 6.45) is 6.15. The van der Waals surface area contributed by atoms with Gasteiger partial charge in [0.2, 0.25) is 0 Å². The third kappa shape index (κ3) is 2.85. The van der Waals surface area contributed by atoms with E-state index in [4.69, 9.17) is 4.74 Å². The van der Waals surface area contributed by atoms with E-state index in [9.17, 15) is 5.11 Å². The maximum absolute atomic E-state index is 10.4. The van der Waals surface area contributed by atoms with Crippen LogP contribution >= 0.6 is 0 Å². The summed E-state index contributed by atoms with van der Waals surface area (Å²) < 4.78 is 5.85. The third-order valence-corrected chi connectivity index (χ3v) is 3.62. The van der Waals surface area contributed by atoms with E-state index in [-0.39, 0.29) is 5.60 Å². The van der Waals surface area contributed by atoms with Crippen LogP contribution in [0.4, 0.5) is 0 Å². The number of ether oxygens (including phenoxy) is 1. The monoisotopic (exact) mass is 235 g/mol. The summed E-state index contributed by atoms with van der Waals surface area (Å²) in [6, 6.07) is 5.80. The predicted molar refractivity (Wildman–Crippen MR) is 66.8 cm³/mol. The second-order valence-corrected chi connectivity index (χ2v) is 4.75. The molecule has 1 aromatic heterocycles. The maximum Gasteiger partial charge on any atom is 0.0943 e. The average molecular weight is 235 g/mol. The molecule has 0 saturated heterocycles. The lowest BCUT2D eigenvalue weighted by molar-refractivity contribution is -0.115. The van der Waals surface area contributed by atoms with Crippen molar-refractivity contribution in [2.24, 2.45) is 0 Å². The number of hydrogen-bond donors (Lipinski definition) is 1. The standard InChI is InChI=1S/C14H21NO2/c1-2-17-14(8-4-5-9-14)13(16)11-12-7-3-6-10-15-12/h3,6-7,10,13,16H,2,4-5,8-9,11H2,1H3. The molecule has 1 atom stereocenters. The number of aromatic nitrogens is 1. The van der Waals surface area contributed by atoms with Crippen LogP contribution in [0.5, 0.6) is 0 Å². The SMILES string of the molecule is CCOC1(C(O)Cc2ccccn2)CCCC1. The molecule has 3 heteroatoms. The van der Waals surface area contributed by atoms with Gasteiger partial charge >= 0.3 is 0 Å². The Morgan fingerprint density at radius 2 is 2.18 bits per heavy atom. The Hall–Kier alpha value is -0.930. The fraction of sp³-hybridized carbons (Fsp3) is 0.643. The normalized spacial score (nSPS) is 20.4. The van der Waals surface area contributed by atoms with E-state index in [0.29, 0.717) is 13.0 Å². The van der Waals surface area contributed by atoms with E-state index >= 15 is 0 Å². The smallest absolute Gasteiger partial charge is 0.0943 e. The molecule has 0 amide bonds. The quantitative estimate of drug-likeness (QED) is 0.851. The van der Waals surface area contributed by atoms with Gasteiger partial charge in [0.1, 0.15) is 0 Å². The Labute approximate surface area is 103 Å². The Kier molecular flexibility index (Phi) is 4.13. The molecule has 1 fully saturated rings. The van der Waals surface area contributed by atoms with Gasteiger partial charge in [0.05, 0.1) is 11.7 Å². The molecule has 2 rings (SSSR count). The van der Waals surface area contributed by atoms with Gasteiger partial charge < -0.3 is 9.84 Å². The van der Waals surface area contributed by atoms with Crippen LogP contribution in [0.3, 0.4) is 0 Å². The number of aliphatic hydroxyl groups is 1. The number of nitrogens with zero attached hydrogens (tertiary/aromatic N) is 1. The van der Waals surface area contributed by atoms with Crippen LogP contribution in [-0.4, -0.2) is 28.4 Å². The first kappa shape index (κ1) is 12.5. The summed E-state index contributed by atoms with van der Waals surface area (Å²) in [6.45, 7) is 2.66. The zero-order valence-electron chi connectivity index (χ0n) is 10.4. The minimum Gasteiger partial charge on any atom is -0.390 e. The molecule has 3 nitrogen and oxygen atoms in total. The van der Waals surface area contributed by atoms with Gasteiger partial charge in [0.25, 0.3) is 0 Å². The van der Waals surface area contributed by atoms with E-state index in [1.54, 1.807) is 6.20 Å². The molecule has 17 heavy (non-hydrogen) atoms. The highest BCUT2D eigenvalue weighted by molar-refractivity contribution is 5.07. The largest absolute Gasteiger partial charge is 0.390 e. The highest BCUT2D eigenvalue weighted by Crippen LogP contribution is 2.37. The Morgan fingerprint density at radius 3 is 2.76 bits per heavy atom. The number of pyridine rings is 1. The van der Waals surface area contributed by atoms with Gasteiger partial charge in [-0.2, -0.15) is 0 Å². The topological polar surface area (TPSA) is 42.4 Å². The van der Waals surface area contributed by atoms with Crippen LogP contribution in [-0.2, 0) is 11.2 Å². The van der Waals surface area contributed by atoms with E-state index < -0.39 is 6.10 Å². The first-order chi connectivity index (χ1) is 8.27. The predicted octanol–water partition coefficient (Wildman–Crippen LogP) is 2.33. The van der Waals surface area contributed by atoms with Gasteiger partial charge in [-0.15, -0.1) is 0 Å². The number of aliphatic hydroxyl groups excluding tert-OH is 1. The van der Waals surface area contributed by atoms with Crippen LogP contribution in [0.25, 0.3) is 0 Å². The van der Waals surface area contributed by atoms with Crippen molar-refractivity contribution in [1.29, 1.82) is 0 Å². The summed E-state index contributed by atoms with van der Waals surface area (Å²) in [5.41, 5.74) is 0.609. The summed E-state index contributed by atoms with van der Waals surface area (Å²) in [5.74, 6) is 0. The van der Waals surface area contributed by atoms with Crippen LogP contribution in [0.1, 0.15) is 38.3 Å². The zero-order valence-corrected chi connectivity index (χ0v) is 10.4. The first-order valence-corrected chi connectivity index (χ1v) is 6.49. The maximum atomic E-state index is 10.4. The van der Waals surface area contributed by atoms with E-state index in [1.165, 1.54) is 0 Å². The first-order valence-electron chi connectivity index (χ1n) is 6.49. The molecular formula is C14H21NO2. The van der Waals surface area contributed by atoms with Crippen molar-refractivity contribution in [3.63, 3.8) is 0 Å². The molecule has 1 aromatic rings. The Bertz CT molecular complexity index is 333. The Balaban J connectivity index is 2.04. The lowest BCUT2D eigenvalue weighted by Crippen LogP contribution is -2.43. The van der Waals surface area contributed by atoms with Gasteiger partial charge in [0, 0.05) is 24.9 Å². The molecule has 0 bridgehead atoms. The minimum atomic E-state index is -0.445. The molecule has 1 heterocycles. The Morgan fingerprint density at radius 1 is 1.41 bits per heavy atom. The van der Waals surface area contributed by atoms with Crippen molar-refractivity contribution in [3.8, 4) is 0 Å². The number of rotatable bonds is 5. The average Bonchev–Trinajstić information content (AvgIpc) is 2.81. The fourth-order valence-corrected chi connectivity index (χ4v) is 2.74. The molecule has 1 aliphatic rings.